The molecule has 14 heavy (non-hydrogen) atoms. The lowest BCUT2D eigenvalue weighted by Gasteiger charge is -2.22. The molecule has 3 nitrogen and oxygen atoms in total. The third kappa shape index (κ3) is 1.73. The average Bonchev–Trinajstić information content (AvgIpc) is 2.47. The Morgan fingerprint density at radius 2 is 2.14 bits per heavy atom. The normalized spacial score (nSPS) is 18.7. The zero-order chi connectivity index (χ0) is 10.1. The summed E-state index contributed by atoms with van der Waals surface area (Å²) in [6.07, 6.45) is 2.29. The largest absolute Gasteiger partial charge is 0.383 e. The van der Waals surface area contributed by atoms with Gasteiger partial charge < -0.3 is 5.73 Å². The minimum absolute atomic E-state index is 0.447. The van der Waals surface area contributed by atoms with Crippen molar-refractivity contribution in [3.63, 3.8) is 0 Å². The molecule has 0 atom stereocenters. The second-order valence-corrected chi connectivity index (χ2v) is 5.18. The molecule has 1 aromatic rings. The van der Waals surface area contributed by atoms with Crippen LogP contribution in [0.4, 0.5) is 5.82 Å². The lowest BCUT2D eigenvalue weighted by atomic mass is 10.2. The molecule has 1 aliphatic rings. The zero-order valence-corrected chi connectivity index (χ0v) is 9.74. The summed E-state index contributed by atoms with van der Waals surface area (Å²) in [5.41, 5.74) is 6.73. The van der Waals surface area contributed by atoms with Crippen LogP contribution in [0.2, 0.25) is 5.02 Å². The van der Waals surface area contributed by atoms with Gasteiger partial charge in [0.15, 0.2) is 0 Å². The molecule has 78 valence electrons. The van der Waals surface area contributed by atoms with Crippen molar-refractivity contribution in [3.8, 4) is 0 Å². The predicted molar refractivity (Wildman–Crippen MR) is 62.0 cm³/mol. The minimum Gasteiger partial charge on any atom is -0.383 e. The quantitative estimate of drug-likeness (QED) is 0.808. The molecule has 1 fully saturated rings. The van der Waals surface area contributed by atoms with Gasteiger partial charge in [-0.15, -0.1) is 0 Å². The van der Waals surface area contributed by atoms with E-state index in [0.29, 0.717) is 16.9 Å². The van der Waals surface area contributed by atoms with Crippen molar-refractivity contribution in [2.24, 2.45) is 0 Å². The fraction of sp³-hybridized carbons (Fsp3) is 0.667. The maximum absolute atomic E-state index is 6.00. The van der Waals surface area contributed by atoms with E-state index in [4.69, 9.17) is 17.3 Å². The summed E-state index contributed by atoms with van der Waals surface area (Å²) in [4.78, 5) is 0. The van der Waals surface area contributed by atoms with E-state index in [-0.39, 0.29) is 0 Å². The highest BCUT2D eigenvalue weighted by Crippen LogP contribution is 2.32. The first-order valence-corrected chi connectivity index (χ1v) is 6.31. The fourth-order valence-electron chi connectivity index (χ4n) is 1.75. The van der Waals surface area contributed by atoms with Gasteiger partial charge in [0, 0.05) is 0 Å². The van der Waals surface area contributed by atoms with Crippen LogP contribution in [0.5, 0.6) is 0 Å². The monoisotopic (exact) mass is 231 g/mol. The first-order chi connectivity index (χ1) is 6.70. The van der Waals surface area contributed by atoms with Crippen LogP contribution in [0.3, 0.4) is 0 Å². The number of thioether (sulfide) groups is 1. The van der Waals surface area contributed by atoms with Crippen LogP contribution in [0.15, 0.2) is 0 Å². The van der Waals surface area contributed by atoms with Gasteiger partial charge in [0.05, 0.1) is 11.7 Å². The predicted octanol–water partition coefficient (Wildman–Crippen LogP) is 2.50. The number of hydrogen-bond acceptors (Lipinski definition) is 3. The lowest BCUT2D eigenvalue weighted by Crippen LogP contribution is -2.18. The summed E-state index contributed by atoms with van der Waals surface area (Å²) in [6, 6.07) is 0.447. The van der Waals surface area contributed by atoms with Crippen molar-refractivity contribution in [3.05, 3.63) is 10.7 Å². The smallest absolute Gasteiger partial charge is 0.141 e. The van der Waals surface area contributed by atoms with Crippen molar-refractivity contribution in [2.75, 3.05) is 17.2 Å². The van der Waals surface area contributed by atoms with E-state index < -0.39 is 0 Å². The van der Waals surface area contributed by atoms with Crippen LogP contribution >= 0.6 is 23.4 Å². The van der Waals surface area contributed by atoms with Gasteiger partial charge in [-0.3, -0.25) is 0 Å². The van der Waals surface area contributed by atoms with Gasteiger partial charge in [0.1, 0.15) is 10.8 Å². The Hall–Kier alpha value is -0.350. The molecule has 5 heteroatoms. The van der Waals surface area contributed by atoms with Gasteiger partial charge in [-0.25, -0.2) is 4.68 Å². The molecule has 0 spiro atoms. The molecule has 0 aliphatic carbocycles. The molecule has 2 N–H and O–H groups in total. The molecule has 0 saturated carbocycles. The average molecular weight is 232 g/mol. The Bertz CT molecular complexity index is 331. The fourth-order valence-corrected chi connectivity index (χ4v) is 2.96. The number of aryl methyl sites for hydroxylation is 1. The van der Waals surface area contributed by atoms with Crippen LogP contribution < -0.4 is 5.73 Å². The summed E-state index contributed by atoms with van der Waals surface area (Å²) < 4.78 is 1.90. The van der Waals surface area contributed by atoms with Gasteiger partial charge in [-0.1, -0.05) is 11.6 Å². The first kappa shape index (κ1) is 10.2. The molecule has 0 radical (unpaired) electrons. The molecule has 2 rings (SSSR count). The molecule has 1 aromatic heterocycles. The van der Waals surface area contributed by atoms with E-state index >= 15 is 0 Å². The molecular formula is C9H14ClN3S. The summed E-state index contributed by atoms with van der Waals surface area (Å²) >= 11 is 8.00. The van der Waals surface area contributed by atoms with Crippen molar-refractivity contribution in [2.45, 2.75) is 25.8 Å². The Balaban J connectivity index is 2.26. The first-order valence-electron chi connectivity index (χ1n) is 4.78. The summed E-state index contributed by atoms with van der Waals surface area (Å²) in [5, 5.41) is 5.00. The number of nitrogen functional groups attached to an aromatic ring is 1. The van der Waals surface area contributed by atoms with Crippen molar-refractivity contribution in [1.29, 1.82) is 0 Å². The second kappa shape index (κ2) is 4.03. The van der Waals surface area contributed by atoms with E-state index in [1.165, 1.54) is 11.5 Å². The Labute approximate surface area is 93.0 Å². The van der Waals surface area contributed by atoms with Crippen molar-refractivity contribution >= 4 is 29.2 Å². The lowest BCUT2D eigenvalue weighted by molar-refractivity contribution is 0.431. The van der Waals surface area contributed by atoms with Crippen LogP contribution in [-0.4, -0.2) is 21.3 Å². The maximum atomic E-state index is 6.00. The molecule has 1 aliphatic heterocycles. The molecule has 0 bridgehead atoms. The van der Waals surface area contributed by atoms with Gasteiger partial charge in [-0.2, -0.15) is 16.9 Å². The molecular weight excluding hydrogens is 218 g/mol. The van der Waals surface area contributed by atoms with Gasteiger partial charge >= 0.3 is 0 Å². The number of rotatable bonds is 1. The van der Waals surface area contributed by atoms with E-state index in [1.807, 2.05) is 23.4 Å². The van der Waals surface area contributed by atoms with Crippen LogP contribution in [0.1, 0.15) is 24.6 Å². The summed E-state index contributed by atoms with van der Waals surface area (Å²) in [5.74, 6) is 3.02. The summed E-state index contributed by atoms with van der Waals surface area (Å²) in [7, 11) is 0. The minimum atomic E-state index is 0.447. The van der Waals surface area contributed by atoms with Crippen molar-refractivity contribution < 1.29 is 0 Å². The van der Waals surface area contributed by atoms with E-state index in [9.17, 15) is 0 Å². The molecule has 0 aromatic carbocycles. The van der Waals surface area contributed by atoms with Crippen LogP contribution in [0, 0.1) is 6.92 Å². The number of nitrogens with zero attached hydrogens (tertiary/aromatic N) is 2. The topological polar surface area (TPSA) is 43.8 Å². The number of hydrogen-bond donors (Lipinski definition) is 1. The number of anilines is 1. The van der Waals surface area contributed by atoms with Crippen LogP contribution in [-0.2, 0) is 0 Å². The van der Waals surface area contributed by atoms with Crippen LogP contribution in [0.25, 0.3) is 0 Å². The third-order valence-corrected chi connectivity index (χ3v) is 4.10. The summed E-state index contributed by atoms with van der Waals surface area (Å²) in [6.45, 7) is 1.90. The van der Waals surface area contributed by atoms with Gasteiger partial charge in [-0.05, 0) is 31.3 Å². The Morgan fingerprint density at radius 1 is 1.50 bits per heavy atom. The van der Waals surface area contributed by atoms with Gasteiger partial charge in [0.2, 0.25) is 0 Å². The Kier molecular flexibility index (Phi) is 2.93. The molecule has 0 amide bonds. The van der Waals surface area contributed by atoms with E-state index in [2.05, 4.69) is 5.10 Å². The van der Waals surface area contributed by atoms with E-state index in [0.717, 1.165) is 18.5 Å². The third-order valence-electron chi connectivity index (χ3n) is 2.58. The van der Waals surface area contributed by atoms with E-state index in [1.54, 1.807) is 0 Å². The number of nitrogens with two attached hydrogens (primary N) is 1. The highest BCUT2D eigenvalue weighted by molar-refractivity contribution is 7.99. The van der Waals surface area contributed by atoms with Gasteiger partial charge in [0.25, 0.3) is 0 Å². The van der Waals surface area contributed by atoms with Crippen molar-refractivity contribution in [1.82, 2.24) is 9.78 Å². The number of halogens is 1. The SMILES string of the molecule is Cc1nn(C2CCSCC2)c(N)c1Cl. The molecule has 2 heterocycles. The molecule has 0 unspecified atom stereocenters. The standard InChI is InChI=1S/C9H14ClN3S/c1-6-8(10)9(11)13(12-6)7-2-4-14-5-3-7/h7H,2-5,11H2,1H3. The highest BCUT2D eigenvalue weighted by Gasteiger charge is 2.20. The zero-order valence-electron chi connectivity index (χ0n) is 8.16. The molecule has 1 saturated heterocycles. The highest BCUT2D eigenvalue weighted by atomic mass is 35.5. The Morgan fingerprint density at radius 3 is 2.64 bits per heavy atom. The second-order valence-electron chi connectivity index (χ2n) is 3.57. The maximum Gasteiger partial charge on any atom is 0.141 e. The number of aromatic nitrogens is 2.